The van der Waals surface area contributed by atoms with Crippen LogP contribution in [0.5, 0.6) is 0 Å². The van der Waals surface area contributed by atoms with E-state index in [1.54, 1.807) is 4.68 Å². The molecule has 0 aliphatic carbocycles. The van der Waals surface area contributed by atoms with E-state index < -0.39 is 0 Å². The first-order chi connectivity index (χ1) is 9.02. The maximum absolute atomic E-state index is 9.23. The van der Waals surface area contributed by atoms with Crippen LogP contribution >= 0.6 is 15.9 Å². The molecule has 1 heterocycles. The van der Waals surface area contributed by atoms with E-state index in [9.17, 15) is 5.26 Å². The summed E-state index contributed by atoms with van der Waals surface area (Å²) in [6.45, 7) is 2.59. The van der Waals surface area contributed by atoms with E-state index in [1.165, 1.54) is 5.56 Å². The summed E-state index contributed by atoms with van der Waals surface area (Å²) in [6.07, 6.45) is 0. The number of anilines is 1. The van der Waals surface area contributed by atoms with E-state index >= 15 is 0 Å². The highest BCUT2D eigenvalue weighted by atomic mass is 79.9. The molecule has 0 saturated carbocycles. The van der Waals surface area contributed by atoms with E-state index in [0.717, 1.165) is 22.5 Å². The second-order valence-corrected chi connectivity index (χ2v) is 5.42. The maximum Gasteiger partial charge on any atom is 0.145 e. The van der Waals surface area contributed by atoms with E-state index in [0.29, 0.717) is 5.56 Å². The molecular formula is C14H15BrN4. The van der Waals surface area contributed by atoms with Crippen LogP contribution in [-0.2, 0) is 13.6 Å². The molecule has 1 aromatic heterocycles. The molecule has 0 aliphatic rings. The topological polar surface area (TPSA) is 44.9 Å². The number of aromatic nitrogens is 2. The van der Waals surface area contributed by atoms with Crippen LogP contribution in [0.2, 0.25) is 0 Å². The Balaban J connectivity index is 2.28. The summed E-state index contributed by atoms with van der Waals surface area (Å²) < 4.78 is 2.82. The predicted molar refractivity (Wildman–Crippen MR) is 78.9 cm³/mol. The third-order valence-corrected chi connectivity index (χ3v) is 3.53. The van der Waals surface area contributed by atoms with Crippen molar-refractivity contribution in [1.82, 2.24) is 9.78 Å². The molecule has 5 heteroatoms. The number of benzene rings is 1. The standard InChI is InChI=1S/C14H15BrN4/c1-10-13(8-16)14(19(3)17-10)18(2)9-11-4-6-12(15)7-5-11/h4-7H,9H2,1-3H3. The van der Waals surface area contributed by atoms with Gasteiger partial charge in [-0.25, -0.2) is 0 Å². The molecule has 1 aromatic carbocycles. The lowest BCUT2D eigenvalue weighted by atomic mass is 10.2. The van der Waals surface area contributed by atoms with Gasteiger partial charge >= 0.3 is 0 Å². The molecule has 19 heavy (non-hydrogen) atoms. The van der Waals surface area contributed by atoms with E-state index in [2.05, 4.69) is 39.2 Å². The summed E-state index contributed by atoms with van der Waals surface area (Å²) >= 11 is 3.42. The van der Waals surface area contributed by atoms with Crippen LogP contribution in [0.3, 0.4) is 0 Å². The minimum Gasteiger partial charge on any atom is -0.354 e. The van der Waals surface area contributed by atoms with Gasteiger partial charge in [0.2, 0.25) is 0 Å². The molecule has 98 valence electrons. The second-order valence-electron chi connectivity index (χ2n) is 4.50. The zero-order chi connectivity index (χ0) is 14.0. The van der Waals surface area contributed by atoms with Crippen molar-refractivity contribution < 1.29 is 0 Å². The second kappa shape index (κ2) is 5.45. The first-order valence-electron chi connectivity index (χ1n) is 5.92. The van der Waals surface area contributed by atoms with Gasteiger partial charge in [0.1, 0.15) is 17.5 Å². The van der Waals surface area contributed by atoms with Crippen molar-refractivity contribution in [3.63, 3.8) is 0 Å². The van der Waals surface area contributed by atoms with Crippen LogP contribution in [0.1, 0.15) is 16.8 Å². The Bertz CT molecular complexity index is 622. The number of hydrogen-bond donors (Lipinski definition) is 0. The van der Waals surface area contributed by atoms with Crippen molar-refractivity contribution in [2.45, 2.75) is 13.5 Å². The summed E-state index contributed by atoms with van der Waals surface area (Å²) in [4.78, 5) is 2.04. The van der Waals surface area contributed by atoms with Gasteiger partial charge in [-0.3, -0.25) is 4.68 Å². The van der Waals surface area contributed by atoms with Crippen LogP contribution in [0.25, 0.3) is 0 Å². The minimum atomic E-state index is 0.641. The predicted octanol–water partition coefficient (Wildman–Crippen LogP) is 3.00. The van der Waals surface area contributed by atoms with Crippen molar-refractivity contribution >= 4 is 21.7 Å². The zero-order valence-electron chi connectivity index (χ0n) is 11.2. The summed E-state index contributed by atoms with van der Waals surface area (Å²) in [5, 5.41) is 13.5. The number of nitrogens with zero attached hydrogens (tertiary/aromatic N) is 4. The quantitative estimate of drug-likeness (QED) is 0.873. The SMILES string of the molecule is Cc1nn(C)c(N(C)Cc2ccc(Br)cc2)c1C#N. The molecule has 0 bridgehead atoms. The normalized spacial score (nSPS) is 10.3. The lowest BCUT2D eigenvalue weighted by Gasteiger charge is -2.19. The van der Waals surface area contributed by atoms with Crippen molar-refractivity contribution in [1.29, 1.82) is 5.26 Å². The average Bonchev–Trinajstić information content (AvgIpc) is 2.66. The van der Waals surface area contributed by atoms with Gasteiger partial charge in [-0.2, -0.15) is 10.4 Å². The van der Waals surface area contributed by atoms with Crippen LogP contribution in [-0.4, -0.2) is 16.8 Å². The third kappa shape index (κ3) is 2.79. The van der Waals surface area contributed by atoms with Gasteiger partial charge in [-0.15, -0.1) is 0 Å². The first-order valence-corrected chi connectivity index (χ1v) is 6.71. The molecular weight excluding hydrogens is 304 g/mol. The monoisotopic (exact) mass is 318 g/mol. The zero-order valence-corrected chi connectivity index (χ0v) is 12.8. The van der Waals surface area contributed by atoms with Crippen molar-refractivity contribution in [3.8, 4) is 6.07 Å². The third-order valence-electron chi connectivity index (χ3n) is 3.00. The Morgan fingerprint density at radius 1 is 1.37 bits per heavy atom. The summed E-state index contributed by atoms with van der Waals surface area (Å²) in [5.41, 5.74) is 2.60. The lowest BCUT2D eigenvalue weighted by Crippen LogP contribution is -2.20. The summed E-state index contributed by atoms with van der Waals surface area (Å²) in [7, 11) is 3.83. The highest BCUT2D eigenvalue weighted by molar-refractivity contribution is 9.10. The van der Waals surface area contributed by atoms with Gasteiger partial charge in [-0.05, 0) is 24.6 Å². The number of rotatable bonds is 3. The van der Waals surface area contributed by atoms with Gasteiger partial charge in [-0.1, -0.05) is 28.1 Å². The molecule has 2 aromatic rings. The van der Waals surface area contributed by atoms with Gasteiger partial charge in [0.05, 0.1) is 5.69 Å². The van der Waals surface area contributed by atoms with Crippen molar-refractivity contribution in [2.75, 3.05) is 11.9 Å². The smallest absolute Gasteiger partial charge is 0.145 e. The average molecular weight is 319 g/mol. The molecule has 2 rings (SSSR count). The van der Waals surface area contributed by atoms with Crippen molar-refractivity contribution in [3.05, 3.63) is 45.6 Å². The fourth-order valence-corrected chi connectivity index (χ4v) is 2.42. The maximum atomic E-state index is 9.23. The Hall–Kier alpha value is -1.80. The van der Waals surface area contributed by atoms with E-state index in [1.807, 2.05) is 38.1 Å². The van der Waals surface area contributed by atoms with Gasteiger partial charge in [0, 0.05) is 25.1 Å². The van der Waals surface area contributed by atoms with E-state index in [-0.39, 0.29) is 0 Å². The molecule has 0 unspecified atom stereocenters. The molecule has 0 fully saturated rings. The highest BCUT2D eigenvalue weighted by Gasteiger charge is 2.16. The molecule has 0 N–H and O–H groups in total. The van der Waals surface area contributed by atoms with Gasteiger partial charge < -0.3 is 4.90 Å². The van der Waals surface area contributed by atoms with Crippen LogP contribution in [0.4, 0.5) is 5.82 Å². The number of aryl methyl sites for hydroxylation is 2. The lowest BCUT2D eigenvalue weighted by molar-refractivity contribution is 0.726. The van der Waals surface area contributed by atoms with Gasteiger partial charge in [0.25, 0.3) is 0 Å². The van der Waals surface area contributed by atoms with Crippen LogP contribution in [0.15, 0.2) is 28.7 Å². The Kier molecular flexibility index (Phi) is 3.91. The molecule has 4 nitrogen and oxygen atoms in total. The molecule has 0 radical (unpaired) electrons. The number of halogens is 1. The van der Waals surface area contributed by atoms with Crippen LogP contribution in [0, 0.1) is 18.3 Å². The Morgan fingerprint density at radius 3 is 2.58 bits per heavy atom. The summed E-state index contributed by atoms with van der Waals surface area (Å²) in [5.74, 6) is 0.850. The summed E-state index contributed by atoms with van der Waals surface area (Å²) in [6, 6.07) is 10.4. The molecule has 0 atom stereocenters. The largest absolute Gasteiger partial charge is 0.354 e. The minimum absolute atomic E-state index is 0.641. The van der Waals surface area contributed by atoms with Crippen LogP contribution < -0.4 is 4.90 Å². The Morgan fingerprint density at radius 2 is 2.00 bits per heavy atom. The highest BCUT2D eigenvalue weighted by Crippen LogP contribution is 2.23. The number of nitriles is 1. The van der Waals surface area contributed by atoms with E-state index in [4.69, 9.17) is 0 Å². The molecule has 0 amide bonds. The fraction of sp³-hybridized carbons (Fsp3) is 0.286. The van der Waals surface area contributed by atoms with Gasteiger partial charge in [0.15, 0.2) is 0 Å². The fourth-order valence-electron chi connectivity index (χ4n) is 2.15. The number of hydrogen-bond acceptors (Lipinski definition) is 3. The Labute approximate surface area is 121 Å². The molecule has 0 spiro atoms. The molecule has 0 saturated heterocycles. The first kappa shape index (κ1) is 13.6. The molecule has 0 aliphatic heterocycles. The van der Waals surface area contributed by atoms with Crippen molar-refractivity contribution in [2.24, 2.45) is 7.05 Å².